The van der Waals surface area contributed by atoms with Crippen LogP contribution in [0.3, 0.4) is 0 Å². The second-order valence-electron chi connectivity index (χ2n) is 8.61. The zero-order valence-electron chi connectivity index (χ0n) is 20.9. The summed E-state index contributed by atoms with van der Waals surface area (Å²) in [6.07, 6.45) is 2.95. The summed E-state index contributed by atoms with van der Waals surface area (Å²) in [4.78, 5) is 23.3. The van der Waals surface area contributed by atoms with Gasteiger partial charge in [-0.1, -0.05) is 79.7 Å². The minimum Gasteiger partial charge on any atom is -0.478 e. The zero-order chi connectivity index (χ0) is 26.2. The fraction of sp³-hybridized carbons (Fsp3) is 0.241. The molecule has 0 aliphatic heterocycles. The van der Waals surface area contributed by atoms with Crippen molar-refractivity contribution in [1.29, 1.82) is 0 Å². The number of hydrogen-bond acceptors (Lipinski definition) is 6. The Balaban J connectivity index is 1.52. The van der Waals surface area contributed by atoms with Crippen LogP contribution in [0.5, 0.6) is 0 Å². The van der Waals surface area contributed by atoms with Gasteiger partial charge < -0.3 is 14.4 Å². The minimum absolute atomic E-state index is 0.286. The van der Waals surface area contributed by atoms with E-state index in [9.17, 15) is 14.7 Å². The summed E-state index contributed by atoms with van der Waals surface area (Å²) in [5, 5.41) is 19.3. The molecule has 0 amide bonds. The van der Waals surface area contributed by atoms with Crippen molar-refractivity contribution in [2.24, 2.45) is 0 Å². The molecule has 0 unspecified atom stereocenters. The van der Waals surface area contributed by atoms with Gasteiger partial charge in [0.2, 0.25) is 0 Å². The second kappa shape index (κ2) is 12.4. The molecule has 3 aromatic carbocycles. The van der Waals surface area contributed by atoms with Gasteiger partial charge in [-0.3, -0.25) is 0 Å². The summed E-state index contributed by atoms with van der Waals surface area (Å²) in [7, 11) is 1.37. The second-order valence-corrected chi connectivity index (χ2v) is 9.56. The first-order valence-electron chi connectivity index (χ1n) is 12.1. The first-order valence-corrected chi connectivity index (χ1v) is 13.1. The van der Waals surface area contributed by atoms with Crippen molar-refractivity contribution >= 4 is 23.7 Å². The molecule has 0 bridgehead atoms. The summed E-state index contributed by atoms with van der Waals surface area (Å²) in [6, 6.07) is 22.4. The Morgan fingerprint density at radius 2 is 1.65 bits per heavy atom. The average molecular weight is 516 g/mol. The molecule has 0 aliphatic rings. The summed E-state index contributed by atoms with van der Waals surface area (Å²) in [6.45, 7) is 2.78. The first-order chi connectivity index (χ1) is 18.0. The quantitative estimate of drug-likeness (QED) is 0.190. The van der Waals surface area contributed by atoms with E-state index in [1.165, 1.54) is 7.11 Å². The number of carboxylic acids is 1. The highest BCUT2D eigenvalue weighted by atomic mass is 32.2. The van der Waals surface area contributed by atoms with E-state index in [4.69, 9.17) is 4.74 Å². The van der Waals surface area contributed by atoms with E-state index < -0.39 is 5.97 Å². The third-order valence-electron chi connectivity index (χ3n) is 6.05. The number of thioether (sulfide) groups is 1. The Hall–Kier alpha value is -3.91. The van der Waals surface area contributed by atoms with Gasteiger partial charge in [-0.15, -0.1) is 10.2 Å². The van der Waals surface area contributed by atoms with Crippen LogP contribution in [0.15, 0.2) is 78.0 Å². The maximum absolute atomic E-state index is 11.7. The Kier molecular flexibility index (Phi) is 8.74. The summed E-state index contributed by atoms with van der Waals surface area (Å²) in [5.41, 5.74) is 4.53. The van der Waals surface area contributed by atoms with Crippen molar-refractivity contribution in [3.8, 4) is 11.1 Å². The summed E-state index contributed by atoms with van der Waals surface area (Å²) < 4.78 is 6.93. The van der Waals surface area contributed by atoms with E-state index in [-0.39, 0.29) is 11.5 Å². The fourth-order valence-corrected chi connectivity index (χ4v) is 4.91. The molecule has 190 valence electrons. The van der Waals surface area contributed by atoms with Gasteiger partial charge >= 0.3 is 11.9 Å². The molecule has 4 rings (SSSR count). The van der Waals surface area contributed by atoms with Crippen LogP contribution in [0.1, 0.15) is 57.4 Å². The molecule has 37 heavy (non-hydrogen) atoms. The number of carboxylic acid groups (broad SMARTS) is 1. The van der Waals surface area contributed by atoms with Gasteiger partial charge in [0.05, 0.1) is 24.8 Å². The summed E-state index contributed by atoms with van der Waals surface area (Å²) in [5.74, 6) is 0.354. The van der Waals surface area contributed by atoms with Crippen molar-refractivity contribution in [3.63, 3.8) is 0 Å². The largest absolute Gasteiger partial charge is 0.478 e. The fourth-order valence-electron chi connectivity index (χ4n) is 4.00. The number of nitrogens with zero attached hydrogens (tertiary/aromatic N) is 3. The van der Waals surface area contributed by atoms with Crippen molar-refractivity contribution in [2.45, 2.75) is 43.6 Å². The van der Waals surface area contributed by atoms with Crippen LogP contribution in [-0.4, -0.2) is 38.9 Å². The van der Waals surface area contributed by atoms with Gasteiger partial charge in [0.15, 0.2) is 5.16 Å². The number of unbranched alkanes of at least 4 members (excludes halogenated alkanes) is 1. The molecule has 1 aromatic heterocycles. The van der Waals surface area contributed by atoms with Gasteiger partial charge in [0, 0.05) is 12.2 Å². The number of carbonyl (C=O) groups is 2. The SMILES string of the molecule is CCCCc1nnc(SCc2ccc(C(=O)OC)cc2)n1Cc1ccc(-c2ccccc2C(=O)O)cc1. The Morgan fingerprint density at radius 1 is 0.946 bits per heavy atom. The van der Waals surface area contributed by atoms with E-state index >= 15 is 0 Å². The summed E-state index contributed by atoms with van der Waals surface area (Å²) >= 11 is 1.61. The Morgan fingerprint density at radius 3 is 2.32 bits per heavy atom. The number of methoxy groups -OCH3 is 1. The lowest BCUT2D eigenvalue weighted by Crippen LogP contribution is -2.07. The van der Waals surface area contributed by atoms with Gasteiger partial charge in [-0.2, -0.15) is 0 Å². The smallest absolute Gasteiger partial charge is 0.337 e. The third kappa shape index (κ3) is 6.46. The molecule has 0 spiro atoms. The monoisotopic (exact) mass is 515 g/mol. The molecule has 0 fully saturated rings. The zero-order valence-corrected chi connectivity index (χ0v) is 21.7. The van der Waals surface area contributed by atoms with Crippen molar-refractivity contribution < 1.29 is 19.4 Å². The molecule has 0 saturated carbocycles. The van der Waals surface area contributed by atoms with E-state index in [0.29, 0.717) is 23.4 Å². The van der Waals surface area contributed by atoms with Crippen LogP contribution in [0.2, 0.25) is 0 Å². The van der Waals surface area contributed by atoms with Gasteiger partial charge in [-0.25, -0.2) is 9.59 Å². The van der Waals surface area contributed by atoms with E-state index in [2.05, 4.69) is 21.7 Å². The number of benzene rings is 3. The maximum Gasteiger partial charge on any atom is 0.337 e. The number of carbonyl (C=O) groups excluding carboxylic acids is 1. The molecule has 0 aliphatic carbocycles. The normalized spacial score (nSPS) is 10.9. The molecule has 7 nitrogen and oxygen atoms in total. The molecule has 0 radical (unpaired) electrons. The highest BCUT2D eigenvalue weighted by molar-refractivity contribution is 7.98. The van der Waals surface area contributed by atoms with Crippen LogP contribution in [0.4, 0.5) is 0 Å². The van der Waals surface area contributed by atoms with Gasteiger partial charge in [0.25, 0.3) is 0 Å². The number of rotatable bonds is 11. The lowest BCUT2D eigenvalue weighted by molar-refractivity contribution is 0.0599. The highest BCUT2D eigenvalue weighted by Crippen LogP contribution is 2.27. The van der Waals surface area contributed by atoms with Crippen molar-refractivity contribution in [1.82, 2.24) is 14.8 Å². The number of hydrogen-bond donors (Lipinski definition) is 1. The molecule has 0 saturated heterocycles. The standard InChI is InChI=1S/C29H29N3O4S/c1-3-4-9-26-30-31-29(37-19-21-12-16-23(17-13-21)28(35)36-2)32(26)18-20-10-14-22(15-11-20)24-7-5-6-8-25(24)27(33)34/h5-8,10-17H,3-4,9,18-19H2,1-2H3,(H,33,34). The van der Waals surface area contributed by atoms with Crippen LogP contribution in [0, 0.1) is 0 Å². The van der Waals surface area contributed by atoms with Gasteiger partial charge in [-0.05, 0) is 46.9 Å². The maximum atomic E-state index is 11.7. The van der Waals surface area contributed by atoms with E-state index in [1.807, 2.05) is 48.5 Å². The predicted octanol–water partition coefficient (Wildman–Crippen LogP) is 6.11. The molecule has 0 atom stereocenters. The average Bonchev–Trinajstić information content (AvgIpc) is 3.31. The van der Waals surface area contributed by atoms with Crippen LogP contribution in [0.25, 0.3) is 11.1 Å². The minimum atomic E-state index is -0.939. The molecule has 1 heterocycles. The van der Waals surface area contributed by atoms with E-state index in [0.717, 1.165) is 46.9 Å². The lowest BCUT2D eigenvalue weighted by Gasteiger charge is -2.12. The van der Waals surface area contributed by atoms with Gasteiger partial charge in [0.1, 0.15) is 5.82 Å². The van der Waals surface area contributed by atoms with Crippen LogP contribution < -0.4 is 0 Å². The topological polar surface area (TPSA) is 94.3 Å². The predicted molar refractivity (Wildman–Crippen MR) is 144 cm³/mol. The number of esters is 1. The molecular formula is C29H29N3O4S. The van der Waals surface area contributed by atoms with Crippen molar-refractivity contribution in [3.05, 3.63) is 101 Å². The molecule has 8 heteroatoms. The highest BCUT2D eigenvalue weighted by Gasteiger charge is 2.15. The number of aryl methyl sites for hydroxylation is 1. The number of aromatic carboxylic acids is 1. The number of aromatic nitrogens is 3. The van der Waals surface area contributed by atoms with Crippen LogP contribution in [-0.2, 0) is 23.5 Å². The lowest BCUT2D eigenvalue weighted by atomic mass is 9.99. The molecular weight excluding hydrogens is 486 g/mol. The van der Waals surface area contributed by atoms with Crippen LogP contribution >= 0.6 is 11.8 Å². The van der Waals surface area contributed by atoms with Crippen molar-refractivity contribution in [2.75, 3.05) is 7.11 Å². The Labute approximate surface area is 220 Å². The molecule has 4 aromatic rings. The van der Waals surface area contributed by atoms with E-state index in [1.54, 1.807) is 36.0 Å². The number of ether oxygens (including phenoxy) is 1. The Bertz CT molecular complexity index is 1360. The first kappa shape index (κ1) is 26.2. The third-order valence-corrected chi connectivity index (χ3v) is 7.09. The molecule has 1 N–H and O–H groups in total.